The zero-order valence-electron chi connectivity index (χ0n) is 15.7. The molecule has 0 aromatic heterocycles. The molecule has 0 radical (unpaired) electrons. The first kappa shape index (κ1) is 21.5. The standard InChI is InChI=1S/C19H21FN2O5S/c1-12-4-8-16(9-5-12)28(25,26)22-14(3)19(24)27-11-18(23)21-15-7-6-13(2)17(20)10-15/h4-10,14,22H,11H2,1-3H3,(H,21,23)/t14-/m1/s1. The quantitative estimate of drug-likeness (QED) is 0.685. The number of hydrogen-bond acceptors (Lipinski definition) is 5. The number of carbonyl (C=O) groups is 2. The molecule has 0 aliphatic heterocycles. The maximum absolute atomic E-state index is 13.5. The molecule has 150 valence electrons. The van der Waals surface area contributed by atoms with Crippen LogP contribution >= 0.6 is 0 Å². The zero-order chi connectivity index (χ0) is 20.9. The van der Waals surface area contributed by atoms with Crippen LogP contribution in [0.3, 0.4) is 0 Å². The van der Waals surface area contributed by atoms with Crippen molar-refractivity contribution >= 4 is 27.6 Å². The number of esters is 1. The second-order valence-electron chi connectivity index (χ2n) is 6.28. The van der Waals surface area contributed by atoms with E-state index >= 15 is 0 Å². The molecule has 0 saturated heterocycles. The summed E-state index contributed by atoms with van der Waals surface area (Å²) in [5.41, 5.74) is 1.54. The number of ether oxygens (including phenoxy) is 1. The van der Waals surface area contributed by atoms with Crippen molar-refractivity contribution in [2.45, 2.75) is 31.7 Å². The van der Waals surface area contributed by atoms with Crippen LogP contribution in [-0.4, -0.2) is 32.9 Å². The number of rotatable bonds is 7. The summed E-state index contributed by atoms with van der Waals surface area (Å²) < 4.78 is 45.0. The van der Waals surface area contributed by atoms with Gasteiger partial charge in [0.25, 0.3) is 5.91 Å². The highest BCUT2D eigenvalue weighted by Gasteiger charge is 2.23. The van der Waals surface area contributed by atoms with Crippen molar-refractivity contribution in [3.63, 3.8) is 0 Å². The highest BCUT2D eigenvalue weighted by molar-refractivity contribution is 7.89. The molecule has 0 heterocycles. The summed E-state index contributed by atoms with van der Waals surface area (Å²) in [5.74, 6) is -2.07. The third-order valence-corrected chi connectivity index (χ3v) is 5.37. The summed E-state index contributed by atoms with van der Waals surface area (Å²) in [6, 6.07) is 9.07. The van der Waals surface area contributed by atoms with Gasteiger partial charge in [0.1, 0.15) is 11.9 Å². The first-order valence-corrected chi connectivity index (χ1v) is 9.88. The van der Waals surface area contributed by atoms with Crippen LogP contribution in [0.4, 0.5) is 10.1 Å². The van der Waals surface area contributed by atoms with Gasteiger partial charge in [0.05, 0.1) is 4.90 Å². The number of sulfonamides is 1. The molecule has 7 nitrogen and oxygen atoms in total. The lowest BCUT2D eigenvalue weighted by Crippen LogP contribution is -2.40. The molecule has 2 N–H and O–H groups in total. The Balaban J connectivity index is 1.88. The highest BCUT2D eigenvalue weighted by Crippen LogP contribution is 2.13. The SMILES string of the molecule is Cc1ccc(S(=O)(=O)N[C@H](C)C(=O)OCC(=O)Nc2ccc(C)c(F)c2)cc1. The summed E-state index contributed by atoms with van der Waals surface area (Å²) in [6.45, 7) is 4.08. The lowest BCUT2D eigenvalue weighted by atomic mass is 10.2. The number of benzene rings is 2. The number of nitrogens with one attached hydrogen (secondary N) is 2. The fourth-order valence-corrected chi connectivity index (χ4v) is 3.39. The van der Waals surface area contributed by atoms with Gasteiger partial charge in [0.2, 0.25) is 10.0 Å². The fraction of sp³-hybridized carbons (Fsp3) is 0.263. The van der Waals surface area contributed by atoms with Crippen LogP contribution in [-0.2, 0) is 24.3 Å². The predicted octanol–water partition coefficient (Wildman–Crippen LogP) is 2.29. The van der Waals surface area contributed by atoms with E-state index in [1.807, 2.05) is 6.92 Å². The van der Waals surface area contributed by atoms with E-state index in [0.717, 1.165) is 11.6 Å². The van der Waals surface area contributed by atoms with Crippen LogP contribution in [0.2, 0.25) is 0 Å². The zero-order valence-corrected chi connectivity index (χ0v) is 16.5. The molecule has 2 rings (SSSR count). The third-order valence-electron chi connectivity index (χ3n) is 3.82. The van der Waals surface area contributed by atoms with Gasteiger partial charge in [-0.2, -0.15) is 4.72 Å². The van der Waals surface area contributed by atoms with Gasteiger partial charge in [0, 0.05) is 5.69 Å². The Labute approximate surface area is 163 Å². The van der Waals surface area contributed by atoms with Crippen LogP contribution in [0, 0.1) is 19.7 Å². The fourth-order valence-electron chi connectivity index (χ4n) is 2.20. The predicted molar refractivity (Wildman–Crippen MR) is 102 cm³/mol. The summed E-state index contributed by atoms with van der Waals surface area (Å²) in [6.07, 6.45) is 0. The van der Waals surface area contributed by atoms with Crippen molar-refractivity contribution in [1.29, 1.82) is 0 Å². The largest absolute Gasteiger partial charge is 0.454 e. The van der Waals surface area contributed by atoms with E-state index < -0.39 is 40.4 Å². The minimum atomic E-state index is -3.91. The number of amides is 1. The number of aryl methyl sites for hydroxylation is 2. The van der Waals surface area contributed by atoms with E-state index in [2.05, 4.69) is 10.0 Å². The number of carbonyl (C=O) groups excluding carboxylic acids is 2. The third kappa shape index (κ3) is 5.86. The Bertz CT molecular complexity index is 974. The molecule has 2 aromatic carbocycles. The first-order valence-electron chi connectivity index (χ1n) is 8.40. The topological polar surface area (TPSA) is 102 Å². The van der Waals surface area contributed by atoms with Gasteiger partial charge in [-0.1, -0.05) is 23.8 Å². The lowest BCUT2D eigenvalue weighted by molar-refractivity contribution is -0.148. The lowest BCUT2D eigenvalue weighted by Gasteiger charge is -2.14. The molecule has 0 aliphatic rings. The Morgan fingerprint density at radius 1 is 1.11 bits per heavy atom. The normalized spacial score (nSPS) is 12.3. The van der Waals surface area contributed by atoms with Crippen LogP contribution in [0.5, 0.6) is 0 Å². The number of anilines is 1. The molecule has 0 spiro atoms. The van der Waals surface area contributed by atoms with Gasteiger partial charge in [-0.15, -0.1) is 0 Å². The van der Waals surface area contributed by atoms with Crippen molar-refractivity contribution in [3.8, 4) is 0 Å². The van der Waals surface area contributed by atoms with E-state index in [0.29, 0.717) is 5.56 Å². The summed E-state index contributed by atoms with van der Waals surface area (Å²) in [4.78, 5) is 23.8. The molecular formula is C19H21FN2O5S. The van der Waals surface area contributed by atoms with Gasteiger partial charge in [-0.25, -0.2) is 12.8 Å². The van der Waals surface area contributed by atoms with Gasteiger partial charge in [0.15, 0.2) is 6.61 Å². The minimum absolute atomic E-state index is 0.0110. The average molecular weight is 408 g/mol. The van der Waals surface area contributed by atoms with Gasteiger partial charge >= 0.3 is 5.97 Å². The van der Waals surface area contributed by atoms with Gasteiger partial charge in [-0.3, -0.25) is 9.59 Å². The molecule has 9 heteroatoms. The Hall–Kier alpha value is -2.78. The molecule has 28 heavy (non-hydrogen) atoms. The summed E-state index contributed by atoms with van der Waals surface area (Å²) in [5, 5.41) is 2.39. The average Bonchev–Trinajstić information content (AvgIpc) is 2.62. The number of hydrogen-bond donors (Lipinski definition) is 2. The second-order valence-corrected chi connectivity index (χ2v) is 7.99. The summed E-state index contributed by atoms with van der Waals surface area (Å²) in [7, 11) is -3.91. The van der Waals surface area contributed by atoms with Crippen molar-refractivity contribution in [2.75, 3.05) is 11.9 Å². The van der Waals surface area contributed by atoms with Crippen molar-refractivity contribution < 1.29 is 27.1 Å². The van der Waals surface area contributed by atoms with E-state index in [4.69, 9.17) is 4.74 Å². The van der Waals surface area contributed by atoms with Crippen LogP contribution in [0.1, 0.15) is 18.1 Å². The summed E-state index contributed by atoms with van der Waals surface area (Å²) >= 11 is 0. The van der Waals surface area contributed by atoms with E-state index in [9.17, 15) is 22.4 Å². The molecule has 1 atom stereocenters. The maximum Gasteiger partial charge on any atom is 0.324 e. The molecule has 0 saturated carbocycles. The monoisotopic (exact) mass is 408 g/mol. The van der Waals surface area contributed by atoms with E-state index in [1.165, 1.54) is 31.2 Å². The smallest absolute Gasteiger partial charge is 0.324 e. The van der Waals surface area contributed by atoms with Crippen molar-refractivity contribution in [3.05, 3.63) is 59.4 Å². The molecule has 0 aliphatic carbocycles. The van der Waals surface area contributed by atoms with Gasteiger partial charge < -0.3 is 10.1 Å². The number of halogens is 1. The van der Waals surface area contributed by atoms with Crippen LogP contribution in [0.15, 0.2) is 47.4 Å². The maximum atomic E-state index is 13.5. The van der Waals surface area contributed by atoms with Crippen LogP contribution < -0.4 is 10.0 Å². The molecule has 0 unspecified atom stereocenters. The van der Waals surface area contributed by atoms with Crippen LogP contribution in [0.25, 0.3) is 0 Å². The Morgan fingerprint density at radius 3 is 2.36 bits per heavy atom. The molecule has 0 bridgehead atoms. The molecular weight excluding hydrogens is 387 g/mol. The second kappa shape index (κ2) is 8.94. The molecule has 2 aromatic rings. The molecule has 0 fully saturated rings. The molecule has 1 amide bonds. The highest BCUT2D eigenvalue weighted by atomic mass is 32.2. The minimum Gasteiger partial charge on any atom is -0.454 e. The van der Waals surface area contributed by atoms with Crippen molar-refractivity contribution in [1.82, 2.24) is 4.72 Å². The first-order chi connectivity index (χ1) is 13.1. The Kier molecular flexibility index (Phi) is 6.87. The van der Waals surface area contributed by atoms with E-state index in [-0.39, 0.29) is 10.6 Å². The van der Waals surface area contributed by atoms with Crippen molar-refractivity contribution in [2.24, 2.45) is 0 Å². The Morgan fingerprint density at radius 2 is 1.75 bits per heavy atom. The van der Waals surface area contributed by atoms with E-state index in [1.54, 1.807) is 19.1 Å². The van der Waals surface area contributed by atoms with Gasteiger partial charge in [-0.05, 0) is 50.6 Å².